The van der Waals surface area contributed by atoms with Crippen LogP contribution in [0.2, 0.25) is 0 Å². The first kappa shape index (κ1) is 86.1. The number of aryl methyl sites for hydroxylation is 1. The summed E-state index contributed by atoms with van der Waals surface area (Å²) in [5.41, 5.74) is 7.80. The lowest BCUT2D eigenvalue weighted by Crippen LogP contribution is -2.61. The minimum atomic E-state index is -2.49. The number of amides is 4. The summed E-state index contributed by atoms with van der Waals surface area (Å²) >= 11 is 0. The number of nitrogens with zero attached hydrogens (tertiary/aromatic N) is 13. The van der Waals surface area contributed by atoms with E-state index >= 15 is 0 Å². The largest absolute Gasteiger partial charge is 0.460 e. The molecule has 2 N–H and O–H groups in total. The Balaban J connectivity index is 0.632. The highest BCUT2D eigenvalue weighted by atomic mass is 16.6. The number of esters is 1. The van der Waals surface area contributed by atoms with E-state index in [0.29, 0.717) is 159 Å². The Labute approximate surface area is 680 Å². The van der Waals surface area contributed by atoms with Crippen LogP contribution in [0, 0.1) is 42.4 Å². The second-order valence-corrected chi connectivity index (χ2v) is 33.3. The standard InChI is InChI=1S/C87H117N13O16/c1-53-17-13-12-14-18-55(3)72(111-9)44-67-24-21-60(8)87(110,116-67)78(104)81(106)100-28-16-15-19-69(100)83(108)114-73(45-70(101)56(4)41-59(7)76(103)77(113-11)75(102)58(6)39-53)57(5)42-61-22-25-71(74(43-61)112-10)115-86(109)99-30-27-68-65(52-99)48-92-85(93-68)97-35-31-94(32-36-97)66-49-88-79(89-50-66)82(107)95-33-37-96(38-34-95)84-90-46-64(47-91-84)80(105)98-29-26-62-40-54(2)20-23-63(62)51-98/h12-14,17-18,20,23,40-41,46-50,53,56-58,60-61,67,69,71-74,76-77,103,110H,15-16,19,21-22,24-39,42-45,51-52H2,1-11H3/b14-12+,17-13+,55-18+,59-41+/t53-,56-,57-,58-,60-,61+,67+,69+,71-,72+,73+,74-,76-,77+,87-/m1/s1. The van der Waals surface area contributed by atoms with Crippen molar-refractivity contribution in [1.82, 2.24) is 49.5 Å². The smallest absolute Gasteiger partial charge is 0.410 e. The number of fused-ring (bicyclic) bond motifs is 5. The fourth-order valence-electron chi connectivity index (χ4n) is 17.7. The number of rotatable bonds is 12. The number of cyclic esters (lactones) is 1. The summed E-state index contributed by atoms with van der Waals surface area (Å²) in [6.45, 7) is 21.0. The summed E-state index contributed by atoms with van der Waals surface area (Å²) in [5, 5.41) is 23.9. The van der Waals surface area contributed by atoms with Gasteiger partial charge in [0.05, 0.1) is 54.2 Å². The lowest BCUT2D eigenvalue weighted by molar-refractivity contribution is -0.265. The highest BCUT2D eigenvalue weighted by Gasteiger charge is 2.53. The lowest BCUT2D eigenvalue weighted by Gasteiger charge is -2.42. The number of methoxy groups -OCH3 is 3. The maximum absolute atomic E-state index is 14.9. The van der Waals surface area contributed by atoms with Crippen LogP contribution in [0.1, 0.15) is 174 Å². The molecule has 1 aliphatic carbocycles. The van der Waals surface area contributed by atoms with Gasteiger partial charge < -0.3 is 72.9 Å². The topological polar surface area (TPSA) is 332 Å². The van der Waals surface area contributed by atoms with E-state index in [9.17, 15) is 48.6 Å². The molecule has 15 atom stereocenters. The van der Waals surface area contributed by atoms with Crippen molar-refractivity contribution in [2.75, 3.05) is 108 Å². The van der Waals surface area contributed by atoms with E-state index in [4.69, 9.17) is 38.4 Å². The third-order valence-corrected chi connectivity index (χ3v) is 25.0. The average Bonchev–Trinajstić information content (AvgIpc) is 0.772. The Kier molecular flexibility index (Phi) is 28.9. The molecule has 0 radical (unpaired) electrons. The number of benzene rings is 1. The summed E-state index contributed by atoms with van der Waals surface area (Å²) in [6.07, 6.45) is 19.1. The molecule has 8 aliphatic rings. The quantitative estimate of drug-likeness (QED) is 0.0761. The zero-order valence-electron chi connectivity index (χ0n) is 69.2. The van der Waals surface area contributed by atoms with E-state index < -0.39 is 102 Å². The molecule has 626 valence electrons. The van der Waals surface area contributed by atoms with E-state index in [-0.39, 0.29) is 73.4 Å². The lowest BCUT2D eigenvalue weighted by atomic mass is 9.78. The van der Waals surface area contributed by atoms with Crippen molar-refractivity contribution >= 4 is 64.7 Å². The van der Waals surface area contributed by atoms with Gasteiger partial charge in [0.15, 0.2) is 5.78 Å². The van der Waals surface area contributed by atoms with Gasteiger partial charge in [-0.1, -0.05) is 94.8 Å². The van der Waals surface area contributed by atoms with Gasteiger partial charge in [0.25, 0.3) is 23.5 Å². The molecule has 3 aromatic heterocycles. The number of piperidine rings is 1. The third kappa shape index (κ3) is 20.5. The van der Waals surface area contributed by atoms with Crippen molar-refractivity contribution < 1.29 is 77.0 Å². The maximum Gasteiger partial charge on any atom is 0.410 e. The number of anilines is 3. The number of Topliss-reactive ketones (excluding diaryl/α,β-unsaturated/α-hetero) is 3. The minimum absolute atomic E-state index is 0.0199. The molecule has 7 aliphatic heterocycles. The summed E-state index contributed by atoms with van der Waals surface area (Å²) < 4.78 is 36.6. The van der Waals surface area contributed by atoms with Crippen molar-refractivity contribution in [2.45, 2.75) is 213 Å². The molecule has 1 aromatic carbocycles. The number of aromatic nitrogens is 6. The van der Waals surface area contributed by atoms with E-state index in [1.165, 1.54) is 23.1 Å². The van der Waals surface area contributed by atoms with E-state index in [2.05, 4.69) is 54.9 Å². The number of aliphatic hydroxyl groups excluding tert-OH is 1. The van der Waals surface area contributed by atoms with Gasteiger partial charge >= 0.3 is 12.1 Å². The van der Waals surface area contributed by atoms with Crippen LogP contribution in [-0.4, -0.2) is 255 Å². The molecular formula is C87H117N13O16. The summed E-state index contributed by atoms with van der Waals surface area (Å²) in [6, 6.07) is 5.15. The molecule has 2 bridgehead atoms. The number of allylic oxidation sites excluding steroid dienone is 6. The Hall–Kier alpha value is -9.26. The van der Waals surface area contributed by atoms with E-state index in [1.807, 2.05) is 67.9 Å². The van der Waals surface area contributed by atoms with Crippen LogP contribution < -0.4 is 14.7 Å². The Bertz CT molecular complexity index is 4290. The maximum atomic E-state index is 14.9. The molecule has 1 saturated carbocycles. The van der Waals surface area contributed by atoms with Gasteiger partial charge in [-0.3, -0.25) is 28.8 Å². The summed E-state index contributed by atoms with van der Waals surface area (Å²) in [5.74, 6) is -7.79. The predicted octanol–water partition coefficient (Wildman–Crippen LogP) is 8.55. The second-order valence-electron chi connectivity index (χ2n) is 33.3. The van der Waals surface area contributed by atoms with Gasteiger partial charge in [-0.15, -0.1) is 0 Å². The molecule has 116 heavy (non-hydrogen) atoms. The third-order valence-electron chi connectivity index (χ3n) is 25.0. The van der Waals surface area contributed by atoms with Crippen LogP contribution in [0.25, 0.3) is 0 Å². The van der Waals surface area contributed by atoms with Crippen molar-refractivity contribution in [2.24, 2.45) is 35.5 Å². The molecule has 4 amide bonds. The SMILES string of the molecule is CO[C@H]1C[C@@H]2CC[C@@H](C)[C@@](O)(O2)C(=O)C(=O)N2CCCC[C@H]2C(=O)O[C@H]([C@H](C)C[C@@H]2CC[C@@H](OC(=O)N3CCc4nc(N5CCN(c6cnc(C(=O)N7CCN(c8ncc(C(=O)N9CCc%10cc(C)ccc%10C9)cn8)CC7)nc6)CC5)ncc4C3)[C@H](OC)C2)CC(=O)[C@H](C)/C=C(\C)[C@@H](O)[C@@H](OC)C(=O)[C@H](C)C[C@H](C)/C=C/C=C/C=C/1C. The van der Waals surface area contributed by atoms with Gasteiger partial charge in [-0.25, -0.2) is 39.5 Å². The number of aliphatic hydroxyl groups is 2. The van der Waals surface area contributed by atoms with Crippen molar-refractivity contribution in [1.29, 1.82) is 0 Å². The fraction of sp³-hybridized carbons (Fsp3) is 0.609. The molecule has 12 rings (SSSR count). The van der Waals surface area contributed by atoms with Gasteiger partial charge in [0.1, 0.15) is 36.2 Å². The van der Waals surface area contributed by atoms with Crippen molar-refractivity contribution in [3.8, 4) is 0 Å². The highest BCUT2D eigenvalue weighted by molar-refractivity contribution is 6.39. The van der Waals surface area contributed by atoms with Crippen LogP contribution in [0.15, 0.2) is 96.8 Å². The van der Waals surface area contributed by atoms with Gasteiger partial charge in [0.2, 0.25) is 23.5 Å². The zero-order chi connectivity index (χ0) is 82.6. The first-order valence-corrected chi connectivity index (χ1v) is 41.6. The highest BCUT2D eigenvalue weighted by Crippen LogP contribution is 2.39. The Morgan fingerprint density at radius 1 is 0.655 bits per heavy atom. The molecule has 4 aromatic rings. The number of carbonyl (C=O) groups excluding carboxylic acids is 8. The van der Waals surface area contributed by atoms with Crippen molar-refractivity contribution in [3.05, 3.63) is 136 Å². The first-order valence-electron chi connectivity index (χ1n) is 41.6. The first-order chi connectivity index (χ1) is 55.7. The Morgan fingerprint density at radius 2 is 1.35 bits per heavy atom. The molecule has 29 heteroatoms. The number of hydrogen-bond donors (Lipinski definition) is 2. The minimum Gasteiger partial charge on any atom is -0.460 e. The number of ether oxygens (including phenoxy) is 6. The van der Waals surface area contributed by atoms with Crippen LogP contribution >= 0.6 is 0 Å². The number of hydrogen-bond acceptors (Lipinski definition) is 25. The van der Waals surface area contributed by atoms with Gasteiger partial charge in [-0.2, -0.15) is 0 Å². The number of carbonyl (C=O) groups is 8. The molecule has 5 fully saturated rings. The molecule has 0 spiro atoms. The normalized spacial score (nSPS) is 30.5. The van der Waals surface area contributed by atoms with Gasteiger partial charge in [0, 0.05) is 161 Å². The monoisotopic (exact) mass is 1600 g/mol. The molecule has 0 unspecified atom stereocenters. The average molecular weight is 1600 g/mol. The van der Waals surface area contributed by atoms with Gasteiger partial charge in [-0.05, 0) is 131 Å². The van der Waals surface area contributed by atoms with E-state index in [1.54, 1.807) is 81.9 Å². The summed E-state index contributed by atoms with van der Waals surface area (Å²) in [7, 11) is 4.53. The predicted molar refractivity (Wildman–Crippen MR) is 432 cm³/mol. The fourth-order valence-corrected chi connectivity index (χ4v) is 17.7. The summed E-state index contributed by atoms with van der Waals surface area (Å²) in [4.78, 5) is 154. The zero-order valence-corrected chi connectivity index (χ0v) is 69.2. The van der Waals surface area contributed by atoms with Crippen LogP contribution in [0.3, 0.4) is 0 Å². The van der Waals surface area contributed by atoms with Crippen LogP contribution in [0.4, 0.5) is 22.4 Å². The molecule has 10 heterocycles. The van der Waals surface area contributed by atoms with Crippen LogP contribution in [-0.2, 0) is 78.3 Å². The van der Waals surface area contributed by atoms with Crippen LogP contribution in [0.5, 0.6) is 0 Å². The molecular weight excluding hydrogens is 1480 g/mol. The van der Waals surface area contributed by atoms with E-state index in [0.717, 1.165) is 34.5 Å². The second kappa shape index (κ2) is 38.9. The molecule has 4 saturated heterocycles. The number of piperazine rings is 2. The Morgan fingerprint density at radius 3 is 2.08 bits per heavy atom. The number of ketones is 3. The van der Waals surface area contributed by atoms with Crippen molar-refractivity contribution in [3.63, 3.8) is 0 Å². The molecule has 29 nitrogen and oxygen atoms in total.